The number of hydrogen-bond donors (Lipinski definition) is 1. The lowest BCUT2D eigenvalue weighted by Crippen LogP contribution is -2.42. The van der Waals surface area contributed by atoms with Gasteiger partial charge in [0.1, 0.15) is 0 Å². The van der Waals surface area contributed by atoms with Gasteiger partial charge in [0.2, 0.25) is 0 Å². The fourth-order valence-corrected chi connectivity index (χ4v) is 3.17. The number of carbonyl (C=O) groups is 1. The van der Waals surface area contributed by atoms with Crippen molar-refractivity contribution in [3.05, 3.63) is 11.6 Å². The van der Waals surface area contributed by atoms with E-state index in [1.807, 2.05) is 0 Å². The van der Waals surface area contributed by atoms with Gasteiger partial charge in [-0.2, -0.15) is 0 Å². The van der Waals surface area contributed by atoms with E-state index in [1.165, 1.54) is 6.42 Å². The second kappa shape index (κ2) is 3.75. The molecule has 2 rings (SSSR count). The molecule has 0 spiro atoms. The first-order valence-corrected chi connectivity index (χ1v) is 5.91. The fourth-order valence-electron chi connectivity index (χ4n) is 3.17. The maximum atomic E-state index is 11.3. The molecule has 0 bridgehead atoms. The van der Waals surface area contributed by atoms with Crippen LogP contribution in [0.2, 0.25) is 0 Å². The number of aliphatic hydroxyl groups is 1. The third-order valence-corrected chi connectivity index (χ3v) is 4.31. The Morgan fingerprint density at radius 2 is 2.33 bits per heavy atom. The van der Waals surface area contributed by atoms with Crippen molar-refractivity contribution in [2.24, 2.45) is 11.3 Å². The predicted octanol–water partition coefficient (Wildman–Crippen LogP) is 2.46. The normalized spacial score (nSPS) is 40.6. The first-order valence-electron chi connectivity index (χ1n) is 5.91. The van der Waals surface area contributed by atoms with Crippen LogP contribution in [0.3, 0.4) is 0 Å². The summed E-state index contributed by atoms with van der Waals surface area (Å²) in [5.41, 5.74) is 1.16. The number of hydrogen-bond acceptors (Lipinski definition) is 2. The van der Waals surface area contributed by atoms with Crippen molar-refractivity contribution in [3.63, 3.8) is 0 Å². The Labute approximate surface area is 91.4 Å². The molecule has 0 aromatic carbocycles. The van der Waals surface area contributed by atoms with Gasteiger partial charge >= 0.3 is 0 Å². The number of aliphatic hydroxyl groups excluding tert-OH is 1. The van der Waals surface area contributed by atoms with Gasteiger partial charge in [-0.3, -0.25) is 4.79 Å². The van der Waals surface area contributed by atoms with Crippen molar-refractivity contribution in [1.82, 2.24) is 0 Å². The zero-order valence-electron chi connectivity index (χ0n) is 9.62. The molecule has 0 unspecified atom stereocenters. The topological polar surface area (TPSA) is 37.3 Å². The molecule has 15 heavy (non-hydrogen) atoms. The smallest absolute Gasteiger partial charge is 0.155 e. The molecule has 1 saturated carbocycles. The Bertz CT molecular complexity index is 306. The van der Waals surface area contributed by atoms with Gasteiger partial charge in [-0.15, -0.1) is 0 Å². The van der Waals surface area contributed by atoms with Gasteiger partial charge in [-0.05, 0) is 49.5 Å². The van der Waals surface area contributed by atoms with E-state index >= 15 is 0 Å². The number of ketones is 1. The zero-order valence-corrected chi connectivity index (χ0v) is 9.62. The van der Waals surface area contributed by atoms with Gasteiger partial charge < -0.3 is 5.11 Å². The van der Waals surface area contributed by atoms with E-state index in [0.29, 0.717) is 5.92 Å². The third-order valence-electron chi connectivity index (χ3n) is 4.31. The minimum atomic E-state index is -0.202. The van der Waals surface area contributed by atoms with Crippen molar-refractivity contribution in [3.8, 4) is 0 Å². The molecular weight excluding hydrogens is 188 g/mol. The summed E-state index contributed by atoms with van der Waals surface area (Å²) in [5.74, 6) is 0.477. The molecule has 2 aliphatic carbocycles. The van der Waals surface area contributed by atoms with Crippen LogP contribution in [0.5, 0.6) is 0 Å². The number of carbonyl (C=O) groups excluding carboxylic acids is 1. The van der Waals surface area contributed by atoms with Crippen LogP contribution in [0.4, 0.5) is 0 Å². The quantitative estimate of drug-likeness (QED) is 0.718. The lowest BCUT2D eigenvalue weighted by Gasteiger charge is -2.46. The van der Waals surface area contributed by atoms with Gasteiger partial charge in [0.25, 0.3) is 0 Å². The van der Waals surface area contributed by atoms with E-state index < -0.39 is 0 Å². The number of Topliss-reactive ketones (excluding diaryl/α,β-unsaturated/α-hetero) is 1. The van der Waals surface area contributed by atoms with E-state index in [1.54, 1.807) is 6.92 Å². The molecule has 0 radical (unpaired) electrons. The van der Waals surface area contributed by atoms with Crippen LogP contribution in [0, 0.1) is 11.3 Å². The number of fused-ring (bicyclic) bond motifs is 1. The molecule has 84 valence electrons. The lowest BCUT2D eigenvalue weighted by atomic mass is 9.60. The molecule has 2 nitrogen and oxygen atoms in total. The average Bonchev–Trinajstić information content (AvgIpc) is 2.17. The summed E-state index contributed by atoms with van der Waals surface area (Å²) in [6.07, 6.45) is 6.86. The first kappa shape index (κ1) is 10.9. The van der Waals surface area contributed by atoms with Crippen LogP contribution < -0.4 is 0 Å². The number of allylic oxidation sites excluding steroid dienone is 2. The van der Waals surface area contributed by atoms with E-state index in [4.69, 9.17) is 0 Å². The molecule has 0 heterocycles. The van der Waals surface area contributed by atoms with Crippen molar-refractivity contribution in [2.75, 3.05) is 0 Å². The summed E-state index contributed by atoms with van der Waals surface area (Å²) in [6.45, 7) is 3.89. The molecule has 0 saturated heterocycles. The molecule has 2 heteroatoms. The van der Waals surface area contributed by atoms with Gasteiger partial charge in [0.05, 0.1) is 6.10 Å². The summed E-state index contributed by atoms with van der Waals surface area (Å²) in [5, 5.41) is 10.0. The maximum Gasteiger partial charge on any atom is 0.155 e. The molecule has 0 amide bonds. The van der Waals surface area contributed by atoms with Crippen molar-refractivity contribution in [1.29, 1.82) is 0 Å². The molecule has 1 N–H and O–H groups in total. The van der Waals surface area contributed by atoms with E-state index in [0.717, 1.165) is 31.3 Å². The molecule has 0 aromatic rings. The minimum absolute atomic E-state index is 0.176. The van der Waals surface area contributed by atoms with Crippen LogP contribution in [0.1, 0.15) is 46.0 Å². The monoisotopic (exact) mass is 208 g/mol. The van der Waals surface area contributed by atoms with E-state index in [9.17, 15) is 9.90 Å². The highest BCUT2D eigenvalue weighted by atomic mass is 16.3. The fraction of sp³-hybridized carbons (Fsp3) is 0.769. The Morgan fingerprint density at radius 3 is 3.00 bits per heavy atom. The Kier molecular flexibility index (Phi) is 2.72. The lowest BCUT2D eigenvalue weighted by molar-refractivity contribution is -0.114. The summed E-state index contributed by atoms with van der Waals surface area (Å²) < 4.78 is 0. The van der Waals surface area contributed by atoms with Gasteiger partial charge in [-0.1, -0.05) is 19.4 Å². The summed E-state index contributed by atoms with van der Waals surface area (Å²) >= 11 is 0. The molecule has 3 atom stereocenters. The van der Waals surface area contributed by atoms with Crippen LogP contribution in [0.15, 0.2) is 11.6 Å². The number of rotatable bonds is 1. The van der Waals surface area contributed by atoms with E-state index in [2.05, 4.69) is 13.0 Å². The first-order chi connectivity index (χ1) is 7.03. The second-order valence-electron chi connectivity index (χ2n) is 5.41. The van der Waals surface area contributed by atoms with Crippen LogP contribution in [-0.2, 0) is 4.79 Å². The van der Waals surface area contributed by atoms with Gasteiger partial charge in [0.15, 0.2) is 5.78 Å². The highest BCUT2D eigenvalue weighted by Crippen LogP contribution is 2.49. The van der Waals surface area contributed by atoms with Crippen molar-refractivity contribution in [2.45, 2.75) is 52.1 Å². The molecule has 2 aliphatic rings. The standard InChI is InChI=1S/C13H20O2/c1-9(14)10-5-7-13(2)6-3-4-12(15)11(13)8-10/h5,11-12,15H,3-4,6-8H2,1-2H3/t11-,12-,13+/m0/s1. The summed E-state index contributed by atoms with van der Waals surface area (Å²) in [7, 11) is 0. The predicted molar refractivity (Wildman–Crippen MR) is 59.5 cm³/mol. The minimum Gasteiger partial charge on any atom is -0.393 e. The molecular formula is C13H20O2. The van der Waals surface area contributed by atoms with E-state index in [-0.39, 0.29) is 17.3 Å². The van der Waals surface area contributed by atoms with Gasteiger partial charge in [-0.25, -0.2) is 0 Å². The molecule has 1 fully saturated rings. The molecule has 0 aromatic heterocycles. The maximum absolute atomic E-state index is 11.3. The van der Waals surface area contributed by atoms with Crippen LogP contribution in [-0.4, -0.2) is 17.0 Å². The SMILES string of the molecule is CC(=O)C1=CC[C@@]2(C)CCC[C@H](O)[C@@H]2C1. The van der Waals surface area contributed by atoms with Gasteiger partial charge in [0, 0.05) is 0 Å². The largest absolute Gasteiger partial charge is 0.393 e. The Balaban J connectivity index is 2.23. The highest BCUT2D eigenvalue weighted by Gasteiger charge is 2.43. The van der Waals surface area contributed by atoms with Crippen molar-refractivity contribution >= 4 is 5.78 Å². The Morgan fingerprint density at radius 1 is 1.60 bits per heavy atom. The average molecular weight is 208 g/mol. The highest BCUT2D eigenvalue weighted by molar-refractivity contribution is 5.93. The van der Waals surface area contributed by atoms with Crippen LogP contribution in [0.25, 0.3) is 0 Å². The van der Waals surface area contributed by atoms with Crippen LogP contribution >= 0.6 is 0 Å². The second-order valence-corrected chi connectivity index (χ2v) is 5.41. The zero-order chi connectivity index (χ0) is 11.1. The summed E-state index contributed by atoms with van der Waals surface area (Å²) in [4.78, 5) is 11.3. The molecule has 0 aliphatic heterocycles. The summed E-state index contributed by atoms with van der Waals surface area (Å²) in [6, 6.07) is 0. The van der Waals surface area contributed by atoms with Crippen molar-refractivity contribution < 1.29 is 9.90 Å². The Hall–Kier alpha value is -0.630. The third kappa shape index (κ3) is 1.87.